The quantitative estimate of drug-likeness (QED) is 0.805. The molecule has 0 unspecified atom stereocenters. The molecule has 1 aromatic heterocycles. The number of amides is 1. The van der Waals surface area contributed by atoms with Crippen LogP contribution in [0.2, 0.25) is 0 Å². The van der Waals surface area contributed by atoms with E-state index in [0.717, 1.165) is 17.1 Å². The Morgan fingerprint density at radius 3 is 2.44 bits per heavy atom. The van der Waals surface area contributed by atoms with Crippen molar-refractivity contribution in [2.24, 2.45) is 7.05 Å². The molecule has 0 aliphatic heterocycles. The Labute approximate surface area is 107 Å². The maximum atomic E-state index is 12.1. The Balaban J connectivity index is 2.28. The van der Waals surface area contributed by atoms with Crippen LogP contribution < -0.4 is 9.88 Å². The zero-order valence-electron chi connectivity index (χ0n) is 10.9. The first kappa shape index (κ1) is 12.3. The molecule has 1 N–H and O–H groups in total. The Morgan fingerprint density at radius 2 is 1.78 bits per heavy atom. The van der Waals surface area contributed by atoms with E-state index in [1.807, 2.05) is 49.7 Å². The number of carbonyl (C=O) groups is 1. The van der Waals surface area contributed by atoms with Crippen LogP contribution in [0.25, 0.3) is 0 Å². The first-order valence-corrected chi connectivity index (χ1v) is 5.91. The molecule has 1 aromatic carbocycles. The van der Waals surface area contributed by atoms with Gasteiger partial charge in [0.25, 0.3) is 5.82 Å². The molecule has 0 radical (unpaired) electrons. The number of pyridine rings is 1. The Hall–Kier alpha value is -2.16. The van der Waals surface area contributed by atoms with Gasteiger partial charge < -0.3 is 0 Å². The molecule has 1 heterocycles. The fraction of sp³-hybridized carbons (Fsp3) is 0.200. The number of hydrogen-bond donors (Lipinski definition) is 1. The van der Waals surface area contributed by atoms with Gasteiger partial charge in [0, 0.05) is 6.07 Å². The van der Waals surface area contributed by atoms with Crippen LogP contribution in [-0.2, 0) is 7.05 Å². The van der Waals surface area contributed by atoms with Gasteiger partial charge in [-0.1, -0.05) is 18.2 Å². The molecule has 0 aliphatic rings. The lowest BCUT2D eigenvalue weighted by Crippen LogP contribution is -2.37. The van der Waals surface area contributed by atoms with Crippen LogP contribution >= 0.6 is 0 Å². The van der Waals surface area contributed by atoms with E-state index in [1.165, 1.54) is 0 Å². The second-order valence-corrected chi connectivity index (χ2v) is 4.44. The van der Waals surface area contributed by atoms with Gasteiger partial charge in [0.05, 0.1) is 12.6 Å². The summed E-state index contributed by atoms with van der Waals surface area (Å²) in [5.74, 6) is 0.720. The van der Waals surface area contributed by atoms with Crippen molar-refractivity contribution in [2.75, 3.05) is 5.32 Å². The molecular weight excluding hydrogens is 224 g/mol. The summed E-state index contributed by atoms with van der Waals surface area (Å²) < 4.78 is 1.97. The molecular formula is C15H17N2O+. The third kappa shape index (κ3) is 2.56. The van der Waals surface area contributed by atoms with Crippen molar-refractivity contribution in [2.45, 2.75) is 13.8 Å². The predicted molar refractivity (Wildman–Crippen MR) is 71.5 cm³/mol. The Bertz CT molecular complexity index is 577. The molecule has 0 fully saturated rings. The lowest BCUT2D eigenvalue weighted by molar-refractivity contribution is -0.663. The molecule has 1 amide bonds. The monoisotopic (exact) mass is 241 g/mol. The van der Waals surface area contributed by atoms with Gasteiger partial charge in [-0.3, -0.25) is 0 Å². The highest BCUT2D eigenvalue weighted by Crippen LogP contribution is 2.08. The number of nitrogens with one attached hydrogen (secondary N) is 1. The maximum absolute atomic E-state index is 12.1. The Morgan fingerprint density at radius 1 is 1.11 bits per heavy atom. The van der Waals surface area contributed by atoms with Crippen LogP contribution in [0.4, 0.5) is 5.82 Å². The van der Waals surface area contributed by atoms with E-state index in [-0.39, 0.29) is 5.91 Å². The van der Waals surface area contributed by atoms with Gasteiger partial charge in [0.15, 0.2) is 0 Å². The van der Waals surface area contributed by atoms with Crippen LogP contribution in [0.5, 0.6) is 0 Å². The number of aromatic nitrogens is 1. The van der Waals surface area contributed by atoms with Gasteiger partial charge in [-0.05, 0) is 37.6 Å². The van der Waals surface area contributed by atoms with Crippen molar-refractivity contribution in [3.8, 4) is 0 Å². The van der Waals surface area contributed by atoms with Crippen molar-refractivity contribution >= 4 is 11.7 Å². The summed E-state index contributed by atoms with van der Waals surface area (Å²) in [5, 5.41) is 2.93. The van der Waals surface area contributed by atoms with Gasteiger partial charge >= 0.3 is 5.91 Å². The lowest BCUT2D eigenvalue weighted by Gasteiger charge is -2.06. The zero-order valence-corrected chi connectivity index (χ0v) is 10.9. The number of anilines is 1. The van der Waals surface area contributed by atoms with E-state index >= 15 is 0 Å². The fourth-order valence-electron chi connectivity index (χ4n) is 1.87. The van der Waals surface area contributed by atoms with E-state index < -0.39 is 0 Å². The maximum Gasteiger partial charge on any atom is 0.339 e. The predicted octanol–water partition coefficient (Wildman–Crippen LogP) is 2.38. The molecule has 0 spiro atoms. The van der Waals surface area contributed by atoms with Gasteiger partial charge in [-0.25, -0.2) is 14.7 Å². The summed E-state index contributed by atoms with van der Waals surface area (Å²) in [5.41, 5.74) is 2.91. The van der Waals surface area contributed by atoms with Gasteiger partial charge in [-0.15, -0.1) is 0 Å². The van der Waals surface area contributed by atoms with Crippen molar-refractivity contribution in [3.63, 3.8) is 0 Å². The average Bonchev–Trinajstić information content (AvgIpc) is 2.36. The van der Waals surface area contributed by atoms with Gasteiger partial charge in [0.2, 0.25) is 0 Å². The van der Waals surface area contributed by atoms with Crippen LogP contribution in [0, 0.1) is 13.8 Å². The highest BCUT2D eigenvalue weighted by Gasteiger charge is 2.15. The summed E-state index contributed by atoms with van der Waals surface area (Å²) in [6, 6.07) is 13.3. The van der Waals surface area contributed by atoms with E-state index in [1.54, 1.807) is 12.1 Å². The second kappa shape index (κ2) is 5.00. The first-order valence-electron chi connectivity index (χ1n) is 5.91. The summed E-state index contributed by atoms with van der Waals surface area (Å²) in [6.07, 6.45) is 0. The molecule has 2 aromatic rings. The molecule has 0 aliphatic carbocycles. The highest BCUT2D eigenvalue weighted by molar-refractivity contribution is 6.03. The number of carbonyl (C=O) groups excluding carboxylic acids is 1. The summed E-state index contributed by atoms with van der Waals surface area (Å²) in [7, 11) is 1.94. The lowest BCUT2D eigenvalue weighted by atomic mass is 10.2. The minimum absolute atomic E-state index is 0.0869. The Kier molecular flexibility index (Phi) is 3.42. The van der Waals surface area contributed by atoms with E-state index in [4.69, 9.17) is 0 Å². The largest absolute Gasteiger partial charge is 0.339 e. The summed E-state index contributed by atoms with van der Waals surface area (Å²) >= 11 is 0. The van der Waals surface area contributed by atoms with Crippen molar-refractivity contribution in [1.82, 2.24) is 0 Å². The normalized spacial score (nSPS) is 10.2. The number of nitrogens with zero attached hydrogens (tertiary/aromatic N) is 1. The molecule has 0 saturated heterocycles. The SMILES string of the molecule is Cc1cc(C)[n+](C)c(NC(=O)c2ccccc2)c1. The molecule has 18 heavy (non-hydrogen) atoms. The molecule has 0 saturated carbocycles. The van der Waals surface area contributed by atoms with Crippen molar-refractivity contribution < 1.29 is 9.36 Å². The molecule has 3 nitrogen and oxygen atoms in total. The fourth-order valence-corrected chi connectivity index (χ4v) is 1.87. The number of rotatable bonds is 2. The minimum Gasteiger partial charge on any atom is -0.241 e. The first-order chi connectivity index (χ1) is 8.58. The van der Waals surface area contributed by atoms with E-state index in [2.05, 4.69) is 11.4 Å². The van der Waals surface area contributed by atoms with Crippen LogP contribution in [0.1, 0.15) is 21.6 Å². The number of hydrogen-bond acceptors (Lipinski definition) is 1. The van der Waals surface area contributed by atoms with Gasteiger partial charge in [-0.2, -0.15) is 0 Å². The van der Waals surface area contributed by atoms with Crippen LogP contribution in [0.3, 0.4) is 0 Å². The van der Waals surface area contributed by atoms with Crippen LogP contribution in [-0.4, -0.2) is 5.91 Å². The zero-order chi connectivity index (χ0) is 13.1. The van der Waals surface area contributed by atoms with Crippen LogP contribution in [0.15, 0.2) is 42.5 Å². The smallest absolute Gasteiger partial charge is 0.241 e. The third-order valence-electron chi connectivity index (χ3n) is 2.97. The summed E-state index contributed by atoms with van der Waals surface area (Å²) in [6.45, 7) is 4.04. The standard InChI is InChI=1S/C15H16N2O/c1-11-9-12(2)17(3)14(10-11)16-15(18)13-7-5-4-6-8-13/h4-10H,1-3H3/p+1. The minimum atomic E-state index is -0.0869. The number of aryl methyl sites for hydroxylation is 2. The van der Waals surface area contributed by atoms with Gasteiger partial charge in [0.1, 0.15) is 5.69 Å². The molecule has 3 heteroatoms. The van der Waals surface area contributed by atoms with E-state index in [0.29, 0.717) is 5.56 Å². The average molecular weight is 241 g/mol. The number of benzene rings is 1. The molecule has 0 bridgehead atoms. The third-order valence-corrected chi connectivity index (χ3v) is 2.97. The molecule has 2 rings (SSSR count). The molecule has 0 atom stereocenters. The van der Waals surface area contributed by atoms with Crippen molar-refractivity contribution in [3.05, 3.63) is 59.3 Å². The highest BCUT2D eigenvalue weighted by atomic mass is 16.1. The summed E-state index contributed by atoms with van der Waals surface area (Å²) in [4.78, 5) is 12.1. The molecule has 92 valence electrons. The second-order valence-electron chi connectivity index (χ2n) is 4.44. The topological polar surface area (TPSA) is 33.0 Å². The van der Waals surface area contributed by atoms with E-state index in [9.17, 15) is 4.79 Å². The van der Waals surface area contributed by atoms with Crippen molar-refractivity contribution in [1.29, 1.82) is 0 Å².